The molecule has 0 saturated heterocycles. The van der Waals surface area contributed by atoms with Crippen molar-refractivity contribution >= 4 is 5.82 Å². The number of aromatic nitrogens is 3. The molecule has 0 amide bonds. The number of nitrogens with two attached hydrogens (primary N) is 1. The summed E-state index contributed by atoms with van der Waals surface area (Å²) in [4.78, 5) is 6.43. The van der Waals surface area contributed by atoms with E-state index in [2.05, 4.69) is 15.0 Å². The van der Waals surface area contributed by atoms with Gasteiger partial charge in [0.25, 0.3) is 0 Å². The maximum Gasteiger partial charge on any atom is 0.127 e. The summed E-state index contributed by atoms with van der Waals surface area (Å²) in [5, 5.41) is 14.0. The van der Waals surface area contributed by atoms with Crippen LogP contribution in [0.1, 0.15) is 30.0 Å². The topological polar surface area (TPSA) is 80.2 Å². The predicted molar refractivity (Wildman–Crippen MR) is 75.6 cm³/mol. The van der Waals surface area contributed by atoms with E-state index in [1.807, 2.05) is 22.9 Å². The Morgan fingerprint density at radius 1 is 1.45 bits per heavy atom. The van der Waals surface area contributed by atoms with E-state index in [0.717, 1.165) is 43.1 Å². The largest absolute Gasteiger partial charge is 0.387 e. The van der Waals surface area contributed by atoms with Gasteiger partial charge in [0.1, 0.15) is 5.82 Å². The van der Waals surface area contributed by atoms with Gasteiger partial charge in [0, 0.05) is 31.4 Å². The molecule has 3 rings (SSSR count). The van der Waals surface area contributed by atoms with Gasteiger partial charge < -0.3 is 10.8 Å². The average molecular weight is 273 g/mol. The van der Waals surface area contributed by atoms with Gasteiger partial charge in [0.15, 0.2) is 0 Å². The maximum atomic E-state index is 9.60. The molecule has 1 aliphatic rings. The Morgan fingerprint density at radius 2 is 2.30 bits per heavy atom. The van der Waals surface area contributed by atoms with Crippen molar-refractivity contribution in [3.63, 3.8) is 0 Å². The second-order valence-electron chi connectivity index (χ2n) is 5.22. The molecule has 106 valence electrons. The number of hydrogen-bond donors (Lipinski definition) is 2. The van der Waals surface area contributed by atoms with Crippen molar-refractivity contribution in [2.75, 3.05) is 12.3 Å². The molecule has 6 heteroatoms. The molecule has 2 aromatic heterocycles. The number of rotatable bonds is 3. The van der Waals surface area contributed by atoms with Crippen LogP contribution >= 0.6 is 0 Å². The molecule has 6 nitrogen and oxygen atoms in total. The molecular formula is C14H19N5O. The van der Waals surface area contributed by atoms with Gasteiger partial charge in [-0.25, -0.2) is 4.98 Å². The molecule has 3 N–H and O–H groups in total. The molecule has 20 heavy (non-hydrogen) atoms. The lowest BCUT2D eigenvalue weighted by Crippen LogP contribution is -2.33. The highest BCUT2D eigenvalue weighted by Crippen LogP contribution is 2.20. The molecule has 1 aliphatic heterocycles. The third-order valence-electron chi connectivity index (χ3n) is 3.64. The van der Waals surface area contributed by atoms with E-state index in [0.29, 0.717) is 5.82 Å². The monoisotopic (exact) mass is 273 g/mol. The molecule has 0 fully saturated rings. The van der Waals surface area contributed by atoms with Gasteiger partial charge in [0.05, 0.1) is 24.0 Å². The average Bonchev–Trinajstić information content (AvgIpc) is 2.85. The smallest absolute Gasteiger partial charge is 0.127 e. The number of nitrogen functional groups attached to an aromatic ring is 1. The zero-order chi connectivity index (χ0) is 14.1. The van der Waals surface area contributed by atoms with Crippen LogP contribution in [0.15, 0.2) is 24.4 Å². The van der Waals surface area contributed by atoms with E-state index in [-0.39, 0.29) is 0 Å². The molecule has 2 aromatic rings. The number of anilines is 1. The lowest BCUT2D eigenvalue weighted by atomic mass is 10.2. The van der Waals surface area contributed by atoms with Crippen LogP contribution in [0.2, 0.25) is 0 Å². The predicted octanol–water partition coefficient (Wildman–Crippen LogP) is 0.929. The van der Waals surface area contributed by atoms with Crippen molar-refractivity contribution in [1.82, 2.24) is 19.7 Å². The molecule has 0 bridgehead atoms. The summed E-state index contributed by atoms with van der Waals surface area (Å²) in [5.74, 6) is 0.594. The summed E-state index contributed by atoms with van der Waals surface area (Å²) >= 11 is 0. The lowest BCUT2D eigenvalue weighted by molar-refractivity contribution is 0.189. The first-order valence-corrected chi connectivity index (χ1v) is 6.80. The summed E-state index contributed by atoms with van der Waals surface area (Å²) in [5.41, 5.74) is 8.81. The fraction of sp³-hybridized carbons (Fsp3) is 0.429. The van der Waals surface area contributed by atoms with Crippen molar-refractivity contribution in [3.8, 4) is 0 Å². The van der Waals surface area contributed by atoms with Crippen LogP contribution in [0.4, 0.5) is 5.82 Å². The minimum absolute atomic E-state index is 0.518. The Labute approximate surface area is 117 Å². The molecule has 0 unspecified atom stereocenters. The van der Waals surface area contributed by atoms with Crippen molar-refractivity contribution in [2.24, 2.45) is 0 Å². The van der Waals surface area contributed by atoms with E-state index >= 15 is 0 Å². The summed E-state index contributed by atoms with van der Waals surface area (Å²) in [7, 11) is 0. The van der Waals surface area contributed by atoms with Crippen molar-refractivity contribution in [1.29, 1.82) is 0 Å². The Morgan fingerprint density at radius 3 is 3.05 bits per heavy atom. The molecule has 0 saturated carbocycles. The molecule has 0 radical (unpaired) electrons. The van der Waals surface area contributed by atoms with Gasteiger partial charge in [0.2, 0.25) is 0 Å². The Balaban J connectivity index is 1.74. The Kier molecular flexibility index (Phi) is 3.42. The normalized spacial score (nSPS) is 16.9. The van der Waals surface area contributed by atoms with Crippen LogP contribution in [0.3, 0.4) is 0 Å². The van der Waals surface area contributed by atoms with Gasteiger partial charge in [-0.2, -0.15) is 5.10 Å². The molecule has 0 aliphatic carbocycles. The highest BCUT2D eigenvalue weighted by Gasteiger charge is 2.20. The lowest BCUT2D eigenvalue weighted by Gasteiger charge is -2.27. The number of aliphatic hydroxyl groups excluding tert-OH is 1. The van der Waals surface area contributed by atoms with Crippen LogP contribution < -0.4 is 5.73 Å². The summed E-state index contributed by atoms with van der Waals surface area (Å²) in [6.45, 7) is 5.09. The molecular weight excluding hydrogens is 254 g/mol. The van der Waals surface area contributed by atoms with E-state index in [1.165, 1.54) is 0 Å². The highest BCUT2D eigenvalue weighted by molar-refractivity contribution is 5.38. The summed E-state index contributed by atoms with van der Waals surface area (Å²) in [6.07, 6.45) is 1.19. The summed E-state index contributed by atoms with van der Waals surface area (Å²) < 4.78 is 1.98. The van der Waals surface area contributed by atoms with Crippen LogP contribution in [0, 0.1) is 0 Å². The number of pyridine rings is 1. The summed E-state index contributed by atoms with van der Waals surface area (Å²) in [6, 6.07) is 5.89. The molecule has 0 spiro atoms. The van der Waals surface area contributed by atoms with E-state index in [9.17, 15) is 5.11 Å². The van der Waals surface area contributed by atoms with Crippen LogP contribution in [-0.2, 0) is 19.6 Å². The minimum Gasteiger partial charge on any atom is -0.387 e. The Bertz CT molecular complexity index is 607. The Hall–Kier alpha value is -1.92. The first-order valence-electron chi connectivity index (χ1n) is 6.80. The molecule has 1 atom stereocenters. The van der Waals surface area contributed by atoms with Crippen molar-refractivity contribution in [2.45, 2.75) is 32.7 Å². The first-order chi connectivity index (χ1) is 9.63. The number of aliphatic hydroxyl groups is 1. The molecule has 3 heterocycles. The zero-order valence-electron chi connectivity index (χ0n) is 11.5. The highest BCUT2D eigenvalue weighted by atomic mass is 16.3. The standard InChI is InChI=1S/C14H19N5O/c1-10(20)13-7-12-9-18(5-6-19(12)17-13)8-11-3-2-4-16-14(11)15/h2-4,7,10,20H,5-6,8-9H2,1H3,(H2,15,16)/t10-/m0/s1. The minimum atomic E-state index is -0.518. The van der Waals surface area contributed by atoms with Gasteiger partial charge in [-0.15, -0.1) is 0 Å². The zero-order valence-corrected chi connectivity index (χ0v) is 11.5. The SMILES string of the molecule is C[C@H](O)c1cc2n(n1)CCN(Cc1cccnc1N)C2. The van der Waals surface area contributed by atoms with Gasteiger partial charge in [-0.1, -0.05) is 6.07 Å². The maximum absolute atomic E-state index is 9.60. The fourth-order valence-corrected chi connectivity index (χ4v) is 2.51. The van der Waals surface area contributed by atoms with E-state index in [1.54, 1.807) is 13.1 Å². The first kappa shape index (κ1) is 13.1. The molecule has 0 aromatic carbocycles. The second-order valence-corrected chi connectivity index (χ2v) is 5.22. The van der Waals surface area contributed by atoms with Crippen molar-refractivity contribution < 1.29 is 5.11 Å². The number of hydrogen-bond acceptors (Lipinski definition) is 5. The third kappa shape index (κ3) is 2.52. The van der Waals surface area contributed by atoms with Crippen LogP contribution in [0.25, 0.3) is 0 Å². The van der Waals surface area contributed by atoms with Gasteiger partial charge in [-0.05, 0) is 19.1 Å². The van der Waals surface area contributed by atoms with Crippen LogP contribution in [0.5, 0.6) is 0 Å². The quantitative estimate of drug-likeness (QED) is 0.869. The van der Waals surface area contributed by atoms with Gasteiger partial charge in [-0.3, -0.25) is 9.58 Å². The van der Waals surface area contributed by atoms with Crippen molar-refractivity contribution in [3.05, 3.63) is 41.3 Å². The fourth-order valence-electron chi connectivity index (χ4n) is 2.51. The second kappa shape index (κ2) is 5.22. The number of nitrogens with zero attached hydrogens (tertiary/aromatic N) is 4. The van der Waals surface area contributed by atoms with E-state index in [4.69, 9.17) is 5.73 Å². The number of fused-ring (bicyclic) bond motifs is 1. The third-order valence-corrected chi connectivity index (χ3v) is 3.64. The van der Waals surface area contributed by atoms with E-state index < -0.39 is 6.10 Å². The van der Waals surface area contributed by atoms with Gasteiger partial charge >= 0.3 is 0 Å². The van der Waals surface area contributed by atoms with Crippen LogP contribution in [-0.4, -0.2) is 31.3 Å².